The number of nitrogens with zero attached hydrogens (tertiary/aromatic N) is 2. The maximum Gasteiger partial charge on any atom is 0.257 e. The molecule has 4 rings (SSSR count). The van der Waals surface area contributed by atoms with Gasteiger partial charge in [0.2, 0.25) is 5.89 Å². The van der Waals surface area contributed by atoms with E-state index in [0.29, 0.717) is 43.9 Å². The molecule has 0 aliphatic rings. The van der Waals surface area contributed by atoms with Gasteiger partial charge in [0, 0.05) is 23.0 Å². The summed E-state index contributed by atoms with van der Waals surface area (Å²) in [4.78, 5) is 20.7. The van der Waals surface area contributed by atoms with Crippen molar-refractivity contribution in [2.75, 3.05) is 5.32 Å². The Labute approximate surface area is 158 Å². The molecule has 0 bridgehead atoms. The fourth-order valence-electron chi connectivity index (χ4n) is 2.47. The van der Waals surface area contributed by atoms with E-state index >= 15 is 0 Å². The number of aromatic nitrogens is 2. The first-order valence-corrected chi connectivity index (χ1v) is 8.43. The molecule has 128 valence electrons. The first kappa shape index (κ1) is 16.6. The molecule has 2 heterocycles. The van der Waals surface area contributed by atoms with Crippen molar-refractivity contribution in [1.29, 1.82) is 0 Å². The second kappa shape index (κ2) is 6.78. The normalized spacial score (nSPS) is 10.8. The zero-order chi connectivity index (χ0) is 18.1. The van der Waals surface area contributed by atoms with Crippen LogP contribution in [0.1, 0.15) is 10.4 Å². The van der Waals surface area contributed by atoms with Gasteiger partial charge in [0.1, 0.15) is 5.52 Å². The third-order valence-electron chi connectivity index (χ3n) is 3.73. The molecule has 0 fully saturated rings. The standard InChI is InChI=1S/C19H11Cl2N3O2/c20-13-4-6-17-16(9-13)24-19(26-17)11-3-5-14(21)15(8-11)23-18(25)12-2-1-7-22-10-12/h1-10H,(H,23,25). The lowest BCUT2D eigenvalue weighted by Crippen LogP contribution is -2.12. The molecule has 26 heavy (non-hydrogen) atoms. The number of pyridine rings is 1. The highest BCUT2D eigenvalue weighted by molar-refractivity contribution is 6.34. The molecule has 2 aromatic heterocycles. The summed E-state index contributed by atoms with van der Waals surface area (Å²) in [5.41, 5.74) is 2.86. The van der Waals surface area contributed by atoms with Gasteiger partial charge >= 0.3 is 0 Å². The Balaban J connectivity index is 1.68. The average molecular weight is 384 g/mol. The van der Waals surface area contributed by atoms with E-state index in [1.165, 1.54) is 6.20 Å². The quantitative estimate of drug-likeness (QED) is 0.510. The smallest absolute Gasteiger partial charge is 0.257 e. The van der Waals surface area contributed by atoms with Gasteiger partial charge in [-0.25, -0.2) is 4.98 Å². The van der Waals surface area contributed by atoms with Gasteiger partial charge in [-0.05, 0) is 48.5 Å². The van der Waals surface area contributed by atoms with Gasteiger partial charge in [-0.3, -0.25) is 9.78 Å². The fraction of sp³-hybridized carbons (Fsp3) is 0. The van der Waals surface area contributed by atoms with Crippen molar-refractivity contribution >= 4 is 45.9 Å². The number of hydrogen-bond donors (Lipinski definition) is 1. The molecule has 0 aliphatic heterocycles. The summed E-state index contributed by atoms with van der Waals surface area (Å²) in [6.07, 6.45) is 3.08. The molecule has 0 aliphatic carbocycles. The van der Waals surface area contributed by atoms with Crippen LogP contribution in [0, 0.1) is 0 Å². The molecule has 0 saturated carbocycles. The predicted molar refractivity (Wildman–Crippen MR) is 102 cm³/mol. The molecule has 1 amide bonds. The van der Waals surface area contributed by atoms with Gasteiger partial charge in [0.15, 0.2) is 5.58 Å². The number of amides is 1. The third kappa shape index (κ3) is 3.27. The number of oxazole rings is 1. The number of nitrogens with one attached hydrogen (secondary N) is 1. The summed E-state index contributed by atoms with van der Waals surface area (Å²) in [6.45, 7) is 0. The van der Waals surface area contributed by atoms with Crippen LogP contribution in [-0.2, 0) is 0 Å². The Bertz CT molecular complexity index is 1110. The summed E-state index contributed by atoms with van der Waals surface area (Å²) in [6, 6.07) is 13.7. The lowest BCUT2D eigenvalue weighted by Gasteiger charge is -2.08. The molecule has 0 spiro atoms. The maximum absolute atomic E-state index is 12.3. The van der Waals surface area contributed by atoms with E-state index < -0.39 is 0 Å². The molecule has 2 aromatic carbocycles. The Kier molecular flexibility index (Phi) is 4.32. The minimum atomic E-state index is -0.304. The van der Waals surface area contributed by atoms with Crippen molar-refractivity contribution in [3.8, 4) is 11.5 Å². The van der Waals surface area contributed by atoms with E-state index in [4.69, 9.17) is 27.6 Å². The zero-order valence-corrected chi connectivity index (χ0v) is 14.8. The Morgan fingerprint density at radius 3 is 2.77 bits per heavy atom. The van der Waals surface area contributed by atoms with Crippen LogP contribution in [0.2, 0.25) is 10.0 Å². The van der Waals surface area contributed by atoms with E-state index in [2.05, 4.69) is 15.3 Å². The Hall–Kier alpha value is -2.89. The number of benzene rings is 2. The van der Waals surface area contributed by atoms with Crippen molar-refractivity contribution < 1.29 is 9.21 Å². The van der Waals surface area contributed by atoms with Crippen molar-refractivity contribution in [2.45, 2.75) is 0 Å². The highest BCUT2D eigenvalue weighted by atomic mass is 35.5. The topological polar surface area (TPSA) is 68.0 Å². The van der Waals surface area contributed by atoms with E-state index in [1.54, 1.807) is 54.7 Å². The van der Waals surface area contributed by atoms with Crippen molar-refractivity contribution in [1.82, 2.24) is 9.97 Å². The van der Waals surface area contributed by atoms with Gasteiger partial charge in [-0.15, -0.1) is 0 Å². The van der Waals surface area contributed by atoms with Crippen LogP contribution in [0.25, 0.3) is 22.6 Å². The van der Waals surface area contributed by atoms with E-state index in [-0.39, 0.29) is 5.91 Å². The second-order valence-corrected chi connectivity index (χ2v) is 6.37. The molecule has 0 radical (unpaired) electrons. The summed E-state index contributed by atoms with van der Waals surface area (Å²) in [7, 11) is 0. The molecular weight excluding hydrogens is 373 g/mol. The van der Waals surface area contributed by atoms with Crippen molar-refractivity contribution in [3.05, 3.63) is 76.5 Å². The highest BCUT2D eigenvalue weighted by Gasteiger charge is 2.13. The molecule has 5 nitrogen and oxygen atoms in total. The van der Waals surface area contributed by atoms with E-state index in [9.17, 15) is 4.79 Å². The first-order valence-electron chi connectivity index (χ1n) is 7.67. The van der Waals surface area contributed by atoms with Crippen molar-refractivity contribution in [2.24, 2.45) is 0 Å². The summed E-state index contributed by atoms with van der Waals surface area (Å²) < 4.78 is 5.76. The van der Waals surface area contributed by atoms with Crippen LogP contribution in [0.4, 0.5) is 5.69 Å². The molecule has 4 aromatic rings. The summed E-state index contributed by atoms with van der Waals surface area (Å²) >= 11 is 12.2. The van der Waals surface area contributed by atoms with Crippen LogP contribution in [0.5, 0.6) is 0 Å². The second-order valence-electron chi connectivity index (χ2n) is 5.52. The van der Waals surface area contributed by atoms with Crippen LogP contribution >= 0.6 is 23.2 Å². The van der Waals surface area contributed by atoms with Crippen LogP contribution < -0.4 is 5.32 Å². The van der Waals surface area contributed by atoms with Gasteiger partial charge < -0.3 is 9.73 Å². The SMILES string of the molecule is O=C(Nc1cc(-c2nc3cc(Cl)ccc3o2)ccc1Cl)c1cccnc1. The highest BCUT2D eigenvalue weighted by Crippen LogP contribution is 2.31. The van der Waals surface area contributed by atoms with Crippen LogP contribution in [0.3, 0.4) is 0 Å². The minimum Gasteiger partial charge on any atom is -0.436 e. The van der Waals surface area contributed by atoms with Gasteiger partial charge in [0.05, 0.1) is 16.3 Å². The molecule has 7 heteroatoms. The molecule has 0 saturated heterocycles. The molecule has 0 unspecified atom stereocenters. The molecule has 0 atom stereocenters. The minimum absolute atomic E-state index is 0.304. The van der Waals surface area contributed by atoms with Crippen molar-refractivity contribution in [3.63, 3.8) is 0 Å². The lowest BCUT2D eigenvalue weighted by atomic mass is 10.2. The number of halogens is 2. The number of rotatable bonds is 3. The molecule has 1 N–H and O–H groups in total. The third-order valence-corrected chi connectivity index (χ3v) is 4.30. The van der Waals surface area contributed by atoms with E-state index in [0.717, 1.165) is 0 Å². The fourth-order valence-corrected chi connectivity index (χ4v) is 2.80. The Morgan fingerprint density at radius 1 is 1.08 bits per heavy atom. The summed E-state index contributed by atoms with van der Waals surface area (Å²) in [5, 5.41) is 3.77. The first-order chi connectivity index (χ1) is 12.6. The van der Waals surface area contributed by atoms with Gasteiger partial charge in [0.25, 0.3) is 5.91 Å². The largest absolute Gasteiger partial charge is 0.436 e. The number of anilines is 1. The maximum atomic E-state index is 12.3. The average Bonchev–Trinajstić information content (AvgIpc) is 3.07. The zero-order valence-electron chi connectivity index (χ0n) is 13.2. The van der Waals surface area contributed by atoms with Crippen LogP contribution in [-0.4, -0.2) is 15.9 Å². The monoisotopic (exact) mass is 383 g/mol. The number of carbonyl (C=O) groups is 1. The van der Waals surface area contributed by atoms with Gasteiger partial charge in [-0.1, -0.05) is 23.2 Å². The predicted octanol–water partition coefficient (Wildman–Crippen LogP) is 5.45. The van der Waals surface area contributed by atoms with Crippen LogP contribution in [0.15, 0.2) is 65.3 Å². The van der Waals surface area contributed by atoms with Gasteiger partial charge in [-0.2, -0.15) is 0 Å². The number of hydrogen-bond acceptors (Lipinski definition) is 4. The number of carbonyl (C=O) groups excluding carboxylic acids is 1. The number of fused-ring (bicyclic) bond motifs is 1. The lowest BCUT2D eigenvalue weighted by molar-refractivity contribution is 0.102. The molecular formula is C19H11Cl2N3O2. The van der Waals surface area contributed by atoms with E-state index in [1.807, 2.05) is 0 Å². The Morgan fingerprint density at radius 2 is 1.96 bits per heavy atom. The summed E-state index contributed by atoms with van der Waals surface area (Å²) in [5.74, 6) is 0.109.